The molecule has 0 amide bonds. The van der Waals surface area contributed by atoms with Crippen molar-refractivity contribution < 1.29 is 0 Å². The maximum atomic E-state index is 4.30. The van der Waals surface area contributed by atoms with Gasteiger partial charge < -0.3 is 9.88 Å². The molecular weight excluding hydrogens is 270 g/mol. The lowest BCUT2D eigenvalue weighted by Gasteiger charge is -2.29. The van der Waals surface area contributed by atoms with E-state index in [9.17, 15) is 0 Å². The average Bonchev–Trinajstić information content (AvgIpc) is 2.96. The number of nitrogens with one attached hydrogen (secondary N) is 1. The molecule has 1 aromatic carbocycles. The molecule has 1 aliphatic rings. The Hall–Kier alpha value is -2.13. The minimum absolute atomic E-state index is 0.627. The van der Waals surface area contributed by atoms with Crippen LogP contribution in [0.25, 0.3) is 22.2 Å². The zero-order valence-electron chi connectivity index (χ0n) is 12.9. The number of benzene rings is 1. The molecule has 2 aromatic heterocycles. The van der Waals surface area contributed by atoms with Crippen molar-refractivity contribution >= 4 is 10.9 Å². The highest BCUT2D eigenvalue weighted by molar-refractivity contribution is 5.91. The number of likely N-dealkylation sites (tertiary alicyclic amines) is 1. The number of piperidine rings is 1. The van der Waals surface area contributed by atoms with Gasteiger partial charge >= 0.3 is 0 Å². The van der Waals surface area contributed by atoms with E-state index in [1.54, 1.807) is 0 Å². The molecule has 1 N–H and O–H groups in total. The molecule has 3 heterocycles. The second-order valence-electron chi connectivity index (χ2n) is 6.28. The van der Waals surface area contributed by atoms with Gasteiger partial charge in [-0.05, 0) is 62.7 Å². The van der Waals surface area contributed by atoms with E-state index in [4.69, 9.17) is 0 Å². The van der Waals surface area contributed by atoms with Crippen molar-refractivity contribution in [1.29, 1.82) is 0 Å². The molecule has 4 rings (SSSR count). The van der Waals surface area contributed by atoms with Gasteiger partial charge in [-0.2, -0.15) is 0 Å². The van der Waals surface area contributed by atoms with Gasteiger partial charge in [0.25, 0.3) is 0 Å². The molecule has 1 aliphatic heterocycles. The Bertz CT molecular complexity index is 768. The number of aromatic nitrogens is 2. The third-order valence-electron chi connectivity index (χ3n) is 4.82. The molecule has 0 aliphatic carbocycles. The summed E-state index contributed by atoms with van der Waals surface area (Å²) in [5, 5.41) is 1.37. The number of hydrogen-bond donors (Lipinski definition) is 1. The van der Waals surface area contributed by atoms with Crippen LogP contribution < -0.4 is 0 Å². The third-order valence-corrected chi connectivity index (χ3v) is 4.82. The highest BCUT2D eigenvalue weighted by atomic mass is 15.1. The summed E-state index contributed by atoms with van der Waals surface area (Å²) in [7, 11) is 2.22. The van der Waals surface area contributed by atoms with Gasteiger partial charge in [0.1, 0.15) is 0 Å². The van der Waals surface area contributed by atoms with Crippen molar-refractivity contribution in [1.82, 2.24) is 14.9 Å². The Morgan fingerprint density at radius 1 is 1.09 bits per heavy atom. The van der Waals surface area contributed by atoms with E-state index < -0.39 is 0 Å². The topological polar surface area (TPSA) is 31.9 Å². The molecule has 0 atom stereocenters. The third kappa shape index (κ3) is 2.32. The summed E-state index contributed by atoms with van der Waals surface area (Å²) in [6.45, 7) is 2.35. The van der Waals surface area contributed by atoms with Gasteiger partial charge in [-0.3, -0.25) is 4.98 Å². The lowest BCUT2D eigenvalue weighted by atomic mass is 9.86. The molecule has 0 spiro atoms. The summed E-state index contributed by atoms with van der Waals surface area (Å²) < 4.78 is 0. The maximum absolute atomic E-state index is 4.30. The van der Waals surface area contributed by atoms with E-state index in [1.807, 2.05) is 18.5 Å². The van der Waals surface area contributed by atoms with Gasteiger partial charge in [0.15, 0.2) is 0 Å². The second kappa shape index (κ2) is 5.58. The van der Waals surface area contributed by atoms with Crippen LogP contribution in [0.1, 0.15) is 24.3 Å². The first-order valence-corrected chi connectivity index (χ1v) is 8.02. The molecule has 0 saturated carbocycles. The molecule has 22 heavy (non-hydrogen) atoms. The molecule has 0 radical (unpaired) electrons. The average molecular weight is 291 g/mol. The number of rotatable bonds is 2. The second-order valence-corrected chi connectivity index (χ2v) is 6.28. The summed E-state index contributed by atoms with van der Waals surface area (Å²) in [5.74, 6) is 0.627. The van der Waals surface area contributed by atoms with Crippen LogP contribution in [0.4, 0.5) is 0 Å². The van der Waals surface area contributed by atoms with Crippen LogP contribution in [0.3, 0.4) is 0 Å². The molecule has 3 nitrogen and oxygen atoms in total. The van der Waals surface area contributed by atoms with Gasteiger partial charge in [-0.25, -0.2) is 0 Å². The maximum Gasteiger partial charge on any atom is 0.0515 e. The first-order valence-electron chi connectivity index (χ1n) is 8.02. The van der Waals surface area contributed by atoms with Crippen LogP contribution in [0, 0.1) is 0 Å². The molecule has 112 valence electrons. The van der Waals surface area contributed by atoms with Crippen LogP contribution in [-0.4, -0.2) is 35.0 Å². The minimum atomic E-state index is 0.627. The first-order chi connectivity index (χ1) is 10.8. The van der Waals surface area contributed by atoms with Crippen molar-refractivity contribution in [2.24, 2.45) is 0 Å². The molecular formula is C19H21N3. The Morgan fingerprint density at radius 3 is 2.68 bits per heavy atom. The lowest BCUT2D eigenvalue weighted by Crippen LogP contribution is -2.29. The SMILES string of the molecule is CN1CCC(c2c(-c3cccnc3)[nH]c3ccccc23)CC1. The summed E-state index contributed by atoms with van der Waals surface area (Å²) in [6.07, 6.45) is 6.25. The van der Waals surface area contributed by atoms with Gasteiger partial charge in [0.2, 0.25) is 0 Å². The smallest absolute Gasteiger partial charge is 0.0515 e. The highest BCUT2D eigenvalue weighted by Gasteiger charge is 2.24. The predicted molar refractivity (Wildman–Crippen MR) is 91.0 cm³/mol. The number of hydrogen-bond acceptors (Lipinski definition) is 2. The van der Waals surface area contributed by atoms with Crippen molar-refractivity contribution in [3.05, 3.63) is 54.4 Å². The van der Waals surface area contributed by atoms with Crippen LogP contribution in [0.2, 0.25) is 0 Å². The Morgan fingerprint density at radius 2 is 1.91 bits per heavy atom. The lowest BCUT2D eigenvalue weighted by molar-refractivity contribution is 0.256. The normalized spacial score (nSPS) is 17.1. The molecule has 1 fully saturated rings. The number of nitrogens with zero attached hydrogens (tertiary/aromatic N) is 2. The molecule has 3 heteroatoms. The monoisotopic (exact) mass is 291 g/mol. The summed E-state index contributed by atoms with van der Waals surface area (Å²) in [4.78, 5) is 10.4. The van der Waals surface area contributed by atoms with Gasteiger partial charge in [0, 0.05) is 28.9 Å². The molecule has 0 unspecified atom stereocenters. The number of fused-ring (bicyclic) bond motifs is 1. The highest BCUT2D eigenvalue weighted by Crippen LogP contribution is 2.39. The van der Waals surface area contributed by atoms with Gasteiger partial charge in [-0.1, -0.05) is 18.2 Å². The predicted octanol–water partition coefficient (Wildman–Crippen LogP) is 4.04. The summed E-state index contributed by atoms with van der Waals surface area (Å²) >= 11 is 0. The van der Waals surface area contributed by atoms with Crippen molar-refractivity contribution in [2.45, 2.75) is 18.8 Å². The van der Waals surface area contributed by atoms with Crippen molar-refractivity contribution in [3.63, 3.8) is 0 Å². The van der Waals surface area contributed by atoms with Gasteiger partial charge in [0.05, 0.1) is 5.69 Å². The fourth-order valence-electron chi connectivity index (χ4n) is 3.62. The van der Waals surface area contributed by atoms with E-state index in [0.29, 0.717) is 5.92 Å². The zero-order chi connectivity index (χ0) is 14.9. The number of pyridine rings is 1. The molecule has 0 bridgehead atoms. The van der Waals surface area contributed by atoms with E-state index in [-0.39, 0.29) is 0 Å². The fourth-order valence-corrected chi connectivity index (χ4v) is 3.62. The Kier molecular flexibility index (Phi) is 3.43. The van der Waals surface area contributed by atoms with E-state index in [2.05, 4.69) is 52.2 Å². The van der Waals surface area contributed by atoms with Crippen molar-refractivity contribution in [2.75, 3.05) is 20.1 Å². The summed E-state index contributed by atoms with van der Waals surface area (Å²) in [5.41, 5.74) is 5.16. The number of H-pyrrole nitrogens is 1. The quantitative estimate of drug-likeness (QED) is 0.772. The van der Waals surface area contributed by atoms with E-state index in [1.165, 1.54) is 53.7 Å². The number of aromatic amines is 1. The Balaban J connectivity index is 1.87. The van der Waals surface area contributed by atoms with Crippen LogP contribution in [-0.2, 0) is 0 Å². The largest absolute Gasteiger partial charge is 0.354 e. The first kappa shape index (κ1) is 13.5. The van der Waals surface area contributed by atoms with Crippen LogP contribution >= 0.6 is 0 Å². The van der Waals surface area contributed by atoms with Crippen molar-refractivity contribution in [3.8, 4) is 11.3 Å². The van der Waals surface area contributed by atoms with E-state index >= 15 is 0 Å². The van der Waals surface area contributed by atoms with Gasteiger partial charge in [-0.15, -0.1) is 0 Å². The Labute approximate surface area is 131 Å². The standard InChI is InChI=1S/C19H21N3/c1-22-11-8-14(9-12-22)18-16-6-2-3-7-17(16)21-19(18)15-5-4-10-20-13-15/h2-7,10,13-14,21H,8-9,11-12H2,1H3. The van der Waals surface area contributed by atoms with E-state index in [0.717, 1.165) is 0 Å². The summed E-state index contributed by atoms with van der Waals surface area (Å²) in [6, 6.07) is 12.8. The fraction of sp³-hybridized carbons (Fsp3) is 0.316. The number of para-hydroxylation sites is 1. The van der Waals surface area contributed by atoms with Crippen LogP contribution in [0.15, 0.2) is 48.8 Å². The molecule has 1 saturated heterocycles. The van der Waals surface area contributed by atoms with Crippen LogP contribution in [0.5, 0.6) is 0 Å². The minimum Gasteiger partial charge on any atom is -0.354 e. The zero-order valence-corrected chi connectivity index (χ0v) is 12.9. The molecule has 3 aromatic rings.